The number of pyridine rings is 1. The molecule has 1 aliphatic heterocycles. The van der Waals surface area contributed by atoms with Crippen molar-refractivity contribution in [1.29, 1.82) is 0 Å². The average Bonchev–Trinajstić information content (AvgIpc) is 3.75. The summed E-state index contributed by atoms with van der Waals surface area (Å²) >= 11 is 3.61. The summed E-state index contributed by atoms with van der Waals surface area (Å²) < 4.78 is 6.77. The first kappa shape index (κ1) is 25.2. The Morgan fingerprint density at radius 2 is 1.71 bits per heavy atom. The Morgan fingerprint density at radius 1 is 0.878 bits per heavy atom. The van der Waals surface area contributed by atoms with Crippen molar-refractivity contribution in [2.24, 2.45) is 7.05 Å². The highest BCUT2D eigenvalue weighted by Crippen LogP contribution is 2.42. The Bertz CT molecular complexity index is 1990. The topological polar surface area (TPSA) is 90.8 Å². The molecule has 41 heavy (non-hydrogen) atoms. The molecule has 0 saturated heterocycles. The van der Waals surface area contributed by atoms with Crippen LogP contribution in [0.4, 0.5) is 5.69 Å². The Balaban J connectivity index is 1.43. The molecule has 1 aliphatic rings. The first-order valence-electron chi connectivity index (χ1n) is 13.2. The van der Waals surface area contributed by atoms with Crippen LogP contribution in [0.2, 0.25) is 0 Å². The van der Waals surface area contributed by atoms with E-state index in [0.717, 1.165) is 28.3 Å². The molecule has 7 rings (SSSR count). The third-order valence-electron chi connectivity index (χ3n) is 7.42. The third kappa shape index (κ3) is 4.18. The summed E-state index contributed by atoms with van der Waals surface area (Å²) in [4.78, 5) is 38.4. The summed E-state index contributed by atoms with van der Waals surface area (Å²) in [5.74, 6) is -0.780. The standard InChI is InChI=1S/C31H24BrN7O2/c1-36-29-23(9-5-12-34-29)28(35-36)27-26(30(40)39(31(27)41)21-7-3-2-4-8-21)24-18-38(15-6-14-37-16-13-33-19-37)25-17-20(32)10-11-22(24)25/h2-5,7-13,16-19H,6,14-15H2,1H3. The first-order valence-corrected chi connectivity index (χ1v) is 14.0. The van der Waals surface area contributed by atoms with Crippen LogP contribution in [0.25, 0.3) is 33.1 Å². The van der Waals surface area contributed by atoms with Crippen molar-refractivity contribution in [2.75, 3.05) is 4.90 Å². The highest BCUT2D eigenvalue weighted by atomic mass is 79.9. The predicted octanol–water partition coefficient (Wildman–Crippen LogP) is 5.46. The number of carbonyl (C=O) groups is 2. The number of amides is 2. The van der Waals surface area contributed by atoms with E-state index < -0.39 is 5.91 Å². The number of nitrogens with zero attached hydrogens (tertiary/aromatic N) is 7. The number of imidazole rings is 1. The van der Waals surface area contributed by atoms with Crippen molar-refractivity contribution >= 4 is 66.5 Å². The molecule has 4 aromatic heterocycles. The lowest BCUT2D eigenvalue weighted by atomic mass is 9.98. The van der Waals surface area contributed by atoms with E-state index in [9.17, 15) is 9.59 Å². The first-order chi connectivity index (χ1) is 20.0. The summed E-state index contributed by atoms with van der Waals surface area (Å²) in [5.41, 5.74) is 3.88. The second-order valence-electron chi connectivity index (χ2n) is 9.93. The van der Waals surface area contributed by atoms with Crippen LogP contribution in [0, 0.1) is 0 Å². The largest absolute Gasteiger partial charge is 0.347 e. The SMILES string of the molecule is Cn1nc(C2=C(c3cn(CCCn4ccnc4)c4cc(Br)ccc34)C(=O)N(c3ccccc3)C2=O)c2cccnc21. The summed E-state index contributed by atoms with van der Waals surface area (Å²) in [6.45, 7) is 1.53. The number of anilines is 1. The summed E-state index contributed by atoms with van der Waals surface area (Å²) in [6.07, 6.45) is 10.1. The Hall–Kier alpha value is -4.83. The molecule has 2 aromatic carbocycles. The normalized spacial score (nSPS) is 13.9. The smallest absolute Gasteiger partial charge is 0.268 e. The average molecular weight is 606 g/mol. The van der Waals surface area contributed by atoms with Crippen LogP contribution in [0.3, 0.4) is 0 Å². The molecule has 0 N–H and O–H groups in total. The van der Waals surface area contributed by atoms with Gasteiger partial charge in [0, 0.05) is 71.2 Å². The van der Waals surface area contributed by atoms with Crippen molar-refractivity contribution in [3.63, 3.8) is 0 Å². The summed E-state index contributed by atoms with van der Waals surface area (Å²) in [7, 11) is 1.79. The monoisotopic (exact) mass is 605 g/mol. The van der Waals surface area contributed by atoms with Crippen molar-refractivity contribution in [3.05, 3.63) is 108 Å². The van der Waals surface area contributed by atoms with Gasteiger partial charge in [0.2, 0.25) is 0 Å². The molecule has 0 atom stereocenters. The molecule has 0 radical (unpaired) electrons. The number of carbonyl (C=O) groups excluding carboxylic acids is 2. The number of fused-ring (bicyclic) bond motifs is 2. The maximum atomic E-state index is 14.3. The van der Waals surface area contributed by atoms with Gasteiger partial charge in [0.05, 0.1) is 23.2 Å². The van der Waals surface area contributed by atoms with Crippen LogP contribution < -0.4 is 4.90 Å². The van der Waals surface area contributed by atoms with Gasteiger partial charge in [-0.15, -0.1) is 0 Å². The van der Waals surface area contributed by atoms with E-state index in [2.05, 4.69) is 30.5 Å². The van der Waals surface area contributed by atoms with Gasteiger partial charge < -0.3 is 9.13 Å². The van der Waals surface area contributed by atoms with Crippen molar-refractivity contribution < 1.29 is 9.59 Å². The molecule has 0 saturated carbocycles. The molecule has 0 unspecified atom stereocenters. The summed E-state index contributed by atoms with van der Waals surface area (Å²) in [5, 5.41) is 6.31. The second-order valence-corrected chi connectivity index (χ2v) is 10.8. The number of imide groups is 1. The number of aromatic nitrogens is 6. The van der Waals surface area contributed by atoms with Crippen LogP contribution in [0.5, 0.6) is 0 Å². The van der Waals surface area contributed by atoms with Crippen molar-refractivity contribution in [2.45, 2.75) is 19.5 Å². The number of hydrogen-bond donors (Lipinski definition) is 0. The molecule has 2 amide bonds. The van der Waals surface area contributed by atoms with E-state index in [0.29, 0.717) is 40.1 Å². The third-order valence-corrected chi connectivity index (χ3v) is 7.91. The molecule has 202 valence electrons. The molecule has 10 heteroatoms. The van der Waals surface area contributed by atoms with E-state index in [1.165, 1.54) is 4.90 Å². The lowest BCUT2D eigenvalue weighted by Crippen LogP contribution is -2.31. The van der Waals surface area contributed by atoms with Gasteiger partial charge in [0.25, 0.3) is 11.8 Å². The van der Waals surface area contributed by atoms with Crippen molar-refractivity contribution in [1.82, 2.24) is 28.9 Å². The minimum absolute atomic E-state index is 0.276. The molecule has 0 bridgehead atoms. The quantitative estimate of drug-likeness (QED) is 0.225. The number of para-hydroxylation sites is 1. The molecule has 0 spiro atoms. The van der Waals surface area contributed by atoms with Crippen LogP contribution >= 0.6 is 15.9 Å². The fourth-order valence-corrected chi connectivity index (χ4v) is 5.93. The Kier molecular flexibility index (Phi) is 6.12. The van der Waals surface area contributed by atoms with Crippen LogP contribution in [-0.4, -0.2) is 40.7 Å². The maximum absolute atomic E-state index is 14.3. The number of rotatable bonds is 7. The molecule has 6 aromatic rings. The molecular weight excluding hydrogens is 582 g/mol. The summed E-state index contributed by atoms with van der Waals surface area (Å²) in [6, 6.07) is 18.7. The van der Waals surface area contributed by atoms with Gasteiger partial charge in [0.1, 0.15) is 5.69 Å². The minimum Gasteiger partial charge on any atom is -0.347 e. The molecule has 9 nitrogen and oxygen atoms in total. The van der Waals surface area contributed by atoms with Gasteiger partial charge in [-0.05, 0) is 42.8 Å². The molecule has 5 heterocycles. The van der Waals surface area contributed by atoms with Crippen molar-refractivity contribution in [3.8, 4) is 0 Å². The van der Waals surface area contributed by atoms with Gasteiger partial charge in [0.15, 0.2) is 5.65 Å². The van der Waals surface area contributed by atoms with Gasteiger partial charge in [-0.1, -0.05) is 40.2 Å². The van der Waals surface area contributed by atoms with E-state index >= 15 is 0 Å². The van der Waals surface area contributed by atoms with Crippen LogP contribution in [0.15, 0.2) is 96.3 Å². The zero-order valence-electron chi connectivity index (χ0n) is 22.1. The predicted molar refractivity (Wildman–Crippen MR) is 161 cm³/mol. The number of hydrogen-bond acceptors (Lipinski definition) is 5. The highest BCUT2D eigenvalue weighted by Gasteiger charge is 2.43. The fourth-order valence-electron chi connectivity index (χ4n) is 5.58. The van der Waals surface area contributed by atoms with Gasteiger partial charge in [-0.3, -0.25) is 9.59 Å². The van der Waals surface area contributed by atoms with Gasteiger partial charge in [-0.25, -0.2) is 19.5 Å². The van der Waals surface area contributed by atoms with E-state index in [1.54, 1.807) is 42.6 Å². The zero-order valence-corrected chi connectivity index (χ0v) is 23.7. The molecule has 0 aliphatic carbocycles. The van der Waals surface area contributed by atoms with E-state index in [-0.39, 0.29) is 11.5 Å². The highest BCUT2D eigenvalue weighted by molar-refractivity contribution is 9.10. The van der Waals surface area contributed by atoms with E-state index in [4.69, 9.17) is 5.10 Å². The molecule has 0 fully saturated rings. The molecular formula is C31H24BrN7O2. The fraction of sp³-hybridized carbons (Fsp3) is 0.129. The number of aryl methyl sites for hydroxylation is 3. The maximum Gasteiger partial charge on any atom is 0.268 e. The number of halogens is 1. The lowest BCUT2D eigenvalue weighted by molar-refractivity contribution is -0.119. The number of benzene rings is 2. The Morgan fingerprint density at radius 3 is 2.51 bits per heavy atom. The zero-order chi connectivity index (χ0) is 28.1. The second kappa shape index (κ2) is 9.97. The minimum atomic E-state index is -0.404. The van der Waals surface area contributed by atoms with Crippen LogP contribution in [-0.2, 0) is 29.7 Å². The van der Waals surface area contributed by atoms with Gasteiger partial charge >= 0.3 is 0 Å². The Labute approximate surface area is 243 Å². The lowest BCUT2D eigenvalue weighted by Gasteiger charge is -2.14. The van der Waals surface area contributed by atoms with Crippen LogP contribution in [0.1, 0.15) is 17.7 Å². The van der Waals surface area contributed by atoms with E-state index in [1.807, 2.05) is 65.5 Å². The van der Waals surface area contributed by atoms with Gasteiger partial charge in [-0.2, -0.15) is 5.10 Å².